The van der Waals surface area contributed by atoms with Crippen LogP contribution in [0.15, 0.2) is 65.1 Å². The second-order valence-corrected chi connectivity index (χ2v) is 14.1. The molecule has 7 nitrogen and oxygen atoms in total. The van der Waals surface area contributed by atoms with Crippen LogP contribution in [0.2, 0.25) is 0 Å². The first-order valence-corrected chi connectivity index (χ1v) is 16.1. The molecule has 0 radical (unpaired) electrons. The Hall–Kier alpha value is -3.20. The van der Waals surface area contributed by atoms with Crippen LogP contribution in [0.3, 0.4) is 0 Å². The van der Waals surface area contributed by atoms with Crippen molar-refractivity contribution in [1.29, 1.82) is 0 Å². The molecule has 2 amide bonds. The van der Waals surface area contributed by atoms with Crippen LogP contribution < -0.4 is 9.64 Å². The molecule has 0 bridgehead atoms. The molecule has 3 heterocycles. The fraction of sp³-hybridized carbons (Fsp3) is 0.444. The second-order valence-electron chi connectivity index (χ2n) is 13.2. The normalized spacial score (nSPS) is 26.2. The van der Waals surface area contributed by atoms with Gasteiger partial charge in [0.25, 0.3) is 5.91 Å². The highest BCUT2D eigenvalue weighted by Gasteiger charge is 2.66. The Labute approximate surface area is 268 Å². The number of ether oxygens (including phenoxy) is 2. The van der Waals surface area contributed by atoms with Crippen molar-refractivity contribution in [2.75, 3.05) is 25.7 Å². The summed E-state index contributed by atoms with van der Waals surface area (Å²) in [5.41, 5.74) is 4.32. The summed E-state index contributed by atoms with van der Waals surface area (Å²) in [4.78, 5) is 32.1. The number of amides is 2. The molecule has 1 saturated heterocycles. The van der Waals surface area contributed by atoms with Crippen molar-refractivity contribution in [2.24, 2.45) is 11.8 Å². The average molecular weight is 662 g/mol. The highest BCUT2D eigenvalue weighted by Crippen LogP contribution is 2.60. The maximum atomic E-state index is 14.4. The number of aryl methyl sites for hydroxylation is 1. The third kappa shape index (κ3) is 4.68. The number of aliphatic hydroxyl groups is 1. The predicted molar refractivity (Wildman–Crippen MR) is 174 cm³/mol. The Morgan fingerprint density at radius 3 is 2.48 bits per heavy atom. The Kier molecular flexibility index (Phi) is 7.92. The van der Waals surface area contributed by atoms with Gasteiger partial charge >= 0.3 is 0 Å². The first-order valence-electron chi connectivity index (χ1n) is 15.3. The van der Waals surface area contributed by atoms with E-state index < -0.39 is 17.1 Å². The number of nitrogens with zero attached hydrogens (tertiary/aromatic N) is 2. The van der Waals surface area contributed by atoms with E-state index in [-0.39, 0.29) is 42.7 Å². The molecule has 1 N–H and O–H groups in total. The number of hydrogen-bond acceptors (Lipinski definition) is 5. The molecule has 3 aliphatic rings. The van der Waals surface area contributed by atoms with Gasteiger partial charge in [-0.15, -0.1) is 0 Å². The molecule has 3 aromatic carbocycles. The van der Waals surface area contributed by atoms with Crippen LogP contribution in [0, 0.1) is 18.8 Å². The van der Waals surface area contributed by atoms with Crippen LogP contribution in [0.5, 0.6) is 5.75 Å². The largest absolute Gasteiger partial charge is 0.497 e. The Bertz CT molecular complexity index is 1600. The van der Waals surface area contributed by atoms with Gasteiger partial charge in [-0.1, -0.05) is 63.2 Å². The topological polar surface area (TPSA) is 79.3 Å². The number of likely N-dealkylation sites (N-methyl/N-ethyl adjacent to an activating group) is 1. The van der Waals surface area contributed by atoms with Crippen molar-refractivity contribution in [3.63, 3.8) is 0 Å². The van der Waals surface area contributed by atoms with E-state index in [0.29, 0.717) is 13.0 Å². The number of fused-ring (bicyclic) bond motifs is 3. The van der Waals surface area contributed by atoms with Crippen molar-refractivity contribution in [2.45, 2.75) is 70.2 Å². The summed E-state index contributed by atoms with van der Waals surface area (Å²) < 4.78 is 13.3. The van der Waals surface area contributed by atoms with Gasteiger partial charge in [0.05, 0.1) is 38.0 Å². The molecule has 1 fully saturated rings. The molecule has 1 spiro atoms. The van der Waals surface area contributed by atoms with Gasteiger partial charge in [-0.2, -0.15) is 0 Å². The molecule has 5 atom stereocenters. The summed E-state index contributed by atoms with van der Waals surface area (Å²) in [5.74, 6) is 0.139. The molecule has 0 aliphatic carbocycles. The van der Waals surface area contributed by atoms with Gasteiger partial charge in [0.1, 0.15) is 5.75 Å². The summed E-state index contributed by atoms with van der Waals surface area (Å²) in [5, 5.41) is 10.3. The first kappa shape index (κ1) is 30.8. The molecule has 0 saturated carbocycles. The van der Waals surface area contributed by atoms with E-state index in [4.69, 9.17) is 9.47 Å². The lowest BCUT2D eigenvalue weighted by Gasteiger charge is -2.40. The summed E-state index contributed by atoms with van der Waals surface area (Å²) in [6, 6.07) is 19.9. The van der Waals surface area contributed by atoms with Gasteiger partial charge in [-0.05, 0) is 75.1 Å². The molecular formula is C36H41BrN2O5. The van der Waals surface area contributed by atoms with E-state index >= 15 is 0 Å². The number of hydrogen-bond donors (Lipinski definition) is 1. The van der Waals surface area contributed by atoms with Crippen LogP contribution in [0.4, 0.5) is 5.69 Å². The van der Waals surface area contributed by atoms with Crippen LogP contribution in [0.25, 0.3) is 0 Å². The minimum atomic E-state index is -1.23. The molecule has 3 aliphatic heterocycles. The number of halogens is 1. The van der Waals surface area contributed by atoms with E-state index in [1.165, 1.54) is 0 Å². The third-order valence-corrected chi connectivity index (χ3v) is 11.0. The number of methoxy groups -OCH3 is 1. The Morgan fingerprint density at radius 2 is 1.82 bits per heavy atom. The lowest BCUT2D eigenvalue weighted by molar-refractivity contribution is -0.151. The van der Waals surface area contributed by atoms with Crippen molar-refractivity contribution >= 4 is 33.4 Å². The highest BCUT2D eigenvalue weighted by atomic mass is 79.9. The van der Waals surface area contributed by atoms with Gasteiger partial charge in [-0.25, -0.2) is 0 Å². The lowest BCUT2D eigenvalue weighted by Crippen LogP contribution is -2.48. The van der Waals surface area contributed by atoms with Crippen molar-refractivity contribution in [1.82, 2.24) is 4.90 Å². The van der Waals surface area contributed by atoms with E-state index in [0.717, 1.165) is 43.7 Å². The molecule has 44 heavy (non-hydrogen) atoms. The zero-order valence-electron chi connectivity index (χ0n) is 26.3. The Balaban J connectivity index is 1.43. The number of rotatable bonds is 6. The molecule has 6 rings (SSSR count). The zero-order valence-corrected chi connectivity index (χ0v) is 27.8. The summed E-state index contributed by atoms with van der Waals surface area (Å²) in [6.45, 7) is 8.81. The van der Waals surface area contributed by atoms with E-state index in [1.807, 2.05) is 43.3 Å². The van der Waals surface area contributed by atoms with Crippen LogP contribution in [-0.2, 0) is 38.3 Å². The number of benzene rings is 3. The van der Waals surface area contributed by atoms with Gasteiger partial charge in [0, 0.05) is 35.5 Å². The van der Waals surface area contributed by atoms with E-state index in [1.54, 1.807) is 24.0 Å². The quantitative estimate of drug-likeness (QED) is 0.356. The molecule has 0 aromatic heterocycles. The molecular weight excluding hydrogens is 620 g/mol. The van der Waals surface area contributed by atoms with Crippen molar-refractivity contribution in [3.8, 4) is 5.75 Å². The molecule has 3 aromatic rings. The average Bonchev–Trinajstić information content (AvgIpc) is 3.42. The number of carbonyl (C=O) groups is 2. The standard InChI is InChI=1S/C36H41BrN2O5/c1-21-15-28-33(29(37)16-21)38(5)34(42)36(28)22(2)32(35(3,4)25-11-13-27(43-6)14-12-25)30(44-36)18-31(41)39-19-24-10-8-7-9-23(24)17-26(39)20-40/h7-16,22,26,30,32,40H,17-20H2,1-6H3/t22-,26-,30+,32-,36+/m0/s1. The summed E-state index contributed by atoms with van der Waals surface area (Å²) in [7, 11) is 3.45. The minimum absolute atomic E-state index is 0.0761. The maximum absolute atomic E-state index is 14.4. The van der Waals surface area contributed by atoms with Gasteiger partial charge in [0.2, 0.25) is 5.91 Å². The number of anilines is 1. The predicted octanol–water partition coefficient (Wildman–Crippen LogP) is 5.90. The van der Waals surface area contributed by atoms with Gasteiger partial charge in [-0.3, -0.25) is 9.59 Å². The monoisotopic (exact) mass is 660 g/mol. The van der Waals surface area contributed by atoms with Crippen molar-refractivity contribution < 1.29 is 24.2 Å². The van der Waals surface area contributed by atoms with Crippen molar-refractivity contribution in [3.05, 3.63) is 93.0 Å². The Morgan fingerprint density at radius 1 is 1.14 bits per heavy atom. The smallest absolute Gasteiger partial charge is 0.264 e. The first-order chi connectivity index (χ1) is 20.9. The molecule has 232 valence electrons. The summed E-state index contributed by atoms with van der Waals surface area (Å²) in [6.07, 6.45) is 0.164. The third-order valence-electron chi connectivity index (χ3n) is 10.4. The van der Waals surface area contributed by atoms with Crippen LogP contribution in [-0.4, -0.2) is 54.7 Å². The SMILES string of the molecule is COc1ccc(C(C)(C)[C@@H]2[C@@H](CC(=O)N3Cc4ccccc4C[C@H]3CO)O[C@]3(C(=O)N(C)c4c(Br)cc(C)cc43)[C@H]2C)cc1. The second kappa shape index (κ2) is 11.3. The van der Waals surface area contributed by atoms with Gasteiger partial charge < -0.3 is 24.4 Å². The summed E-state index contributed by atoms with van der Waals surface area (Å²) >= 11 is 3.71. The molecule has 0 unspecified atom stereocenters. The zero-order chi connectivity index (χ0) is 31.6. The van der Waals surface area contributed by atoms with E-state index in [2.05, 4.69) is 61.0 Å². The lowest BCUT2D eigenvalue weighted by atomic mass is 9.63. The maximum Gasteiger partial charge on any atom is 0.264 e. The molecule has 8 heteroatoms. The number of carbonyl (C=O) groups excluding carboxylic acids is 2. The fourth-order valence-corrected chi connectivity index (χ4v) is 9.02. The van der Waals surface area contributed by atoms with Gasteiger partial charge in [0.15, 0.2) is 5.60 Å². The van der Waals surface area contributed by atoms with Crippen LogP contribution in [0.1, 0.15) is 55.0 Å². The van der Waals surface area contributed by atoms with Crippen LogP contribution >= 0.6 is 15.9 Å². The number of aliphatic hydroxyl groups excluding tert-OH is 1. The van der Waals surface area contributed by atoms with E-state index in [9.17, 15) is 14.7 Å². The highest BCUT2D eigenvalue weighted by molar-refractivity contribution is 9.10. The minimum Gasteiger partial charge on any atom is -0.497 e. The fourth-order valence-electron chi connectivity index (χ4n) is 8.18.